The van der Waals surface area contributed by atoms with E-state index in [-0.39, 0.29) is 32.3 Å². The third-order valence-corrected chi connectivity index (χ3v) is 6.01. The van der Waals surface area contributed by atoms with E-state index in [1.807, 2.05) is 0 Å². The zero-order chi connectivity index (χ0) is 23.9. The Morgan fingerprint density at radius 1 is 0.812 bits per heavy atom. The first kappa shape index (κ1) is 31.5. The van der Waals surface area contributed by atoms with Gasteiger partial charge < -0.3 is 20.1 Å². The Morgan fingerprint density at radius 3 is 1.97 bits per heavy atom. The molecule has 3 N–H and O–H groups in total. The monoisotopic (exact) mass is 481 g/mol. The lowest BCUT2D eigenvalue weighted by Crippen LogP contribution is -2.28. The second-order valence-corrected chi connectivity index (χ2v) is 9.67. The van der Waals surface area contributed by atoms with Crippen LogP contribution in [0.15, 0.2) is 0 Å². The normalized spacial score (nSPS) is 14.2. The first-order valence-corrected chi connectivity index (χ1v) is 14.0. The number of phosphoric ester groups is 1. The molecule has 9 heteroatoms. The topological polar surface area (TPSA) is 117 Å². The molecule has 0 fully saturated rings. The first-order valence-electron chi connectivity index (χ1n) is 12.5. The highest BCUT2D eigenvalue weighted by Gasteiger charge is 2.25. The van der Waals surface area contributed by atoms with Gasteiger partial charge in [-0.15, -0.1) is 0 Å². The van der Waals surface area contributed by atoms with Crippen LogP contribution in [0, 0.1) is 0 Å². The summed E-state index contributed by atoms with van der Waals surface area (Å²) >= 11 is 0. The second kappa shape index (κ2) is 22.3. The van der Waals surface area contributed by atoms with E-state index in [1.54, 1.807) is 0 Å². The lowest BCUT2D eigenvalue weighted by atomic mass is 10.1. The van der Waals surface area contributed by atoms with Crippen molar-refractivity contribution in [2.75, 3.05) is 33.0 Å². The molecular formula is C23H48NO7P. The van der Waals surface area contributed by atoms with Gasteiger partial charge in [-0.2, -0.15) is 0 Å². The van der Waals surface area contributed by atoms with Gasteiger partial charge >= 0.3 is 13.8 Å². The highest BCUT2D eigenvalue weighted by molar-refractivity contribution is 7.47. The molecule has 0 saturated heterocycles. The molecule has 0 aliphatic carbocycles. The Kier molecular flexibility index (Phi) is 22.0. The van der Waals surface area contributed by atoms with Crippen molar-refractivity contribution in [1.82, 2.24) is 0 Å². The molecule has 8 nitrogen and oxygen atoms in total. The number of unbranched alkanes of at least 4 members (excludes halogenated alkanes) is 11. The van der Waals surface area contributed by atoms with Crippen molar-refractivity contribution in [2.24, 2.45) is 5.73 Å². The lowest BCUT2D eigenvalue weighted by Gasteiger charge is -2.20. The lowest BCUT2D eigenvalue weighted by molar-refractivity contribution is -0.154. The minimum absolute atomic E-state index is 0.0923. The van der Waals surface area contributed by atoms with E-state index in [0.29, 0.717) is 13.0 Å². The van der Waals surface area contributed by atoms with Crippen LogP contribution in [0.4, 0.5) is 0 Å². The summed E-state index contributed by atoms with van der Waals surface area (Å²) in [6, 6.07) is 0. The summed E-state index contributed by atoms with van der Waals surface area (Å²) in [5.74, 6) is -0.346. The Bertz CT molecular complexity index is 479. The van der Waals surface area contributed by atoms with Crippen LogP contribution in [-0.2, 0) is 27.9 Å². The molecule has 2 atom stereocenters. The molecule has 2 unspecified atom stereocenters. The van der Waals surface area contributed by atoms with Crippen molar-refractivity contribution in [3.8, 4) is 0 Å². The Labute approximate surface area is 195 Å². The highest BCUT2D eigenvalue weighted by atomic mass is 31.2. The summed E-state index contributed by atoms with van der Waals surface area (Å²) in [5.41, 5.74) is 5.28. The minimum atomic E-state index is -4.23. The summed E-state index contributed by atoms with van der Waals surface area (Å²) < 4.78 is 32.6. The van der Waals surface area contributed by atoms with Crippen molar-refractivity contribution in [2.45, 2.75) is 110 Å². The van der Waals surface area contributed by atoms with Gasteiger partial charge in [-0.05, 0) is 12.8 Å². The van der Waals surface area contributed by atoms with Gasteiger partial charge in [-0.1, -0.05) is 84.5 Å². The molecule has 0 aromatic carbocycles. The van der Waals surface area contributed by atoms with E-state index in [0.717, 1.165) is 44.9 Å². The van der Waals surface area contributed by atoms with Gasteiger partial charge in [0, 0.05) is 19.6 Å². The summed E-state index contributed by atoms with van der Waals surface area (Å²) in [7, 11) is -4.23. The van der Waals surface area contributed by atoms with Gasteiger partial charge in [0.25, 0.3) is 0 Å². The summed E-state index contributed by atoms with van der Waals surface area (Å²) in [5, 5.41) is 0. The van der Waals surface area contributed by atoms with Crippen molar-refractivity contribution in [3.63, 3.8) is 0 Å². The van der Waals surface area contributed by atoms with Crippen LogP contribution in [0.5, 0.6) is 0 Å². The maximum absolute atomic E-state index is 12.2. The van der Waals surface area contributed by atoms with Gasteiger partial charge in [-0.25, -0.2) is 4.57 Å². The van der Waals surface area contributed by atoms with Crippen molar-refractivity contribution >= 4 is 13.8 Å². The van der Waals surface area contributed by atoms with Crippen LogP contribution >= 0.6 is 7.82 Å². The summed E-state index contributed by atoms with van der Waals surface area (Å²) in [6.07, 6.45) is 14.4. The van der Waals surface area contributed by atoms with Crippen molar-refractivity contribution < 1.29 is 32.8 Å². The Morgan fingerprint density at radius 2 is 1.38 bits per heavy atom. The SMILES string of the molecule is CCCCCCCCCCOCC(COP(=O)(O)OCCN)OC(=O)CCCCCCC. The van der Waals surface area contributed by atoms with E-state index in [2.05, 4.69) is 13.8 Å². The standard InChI is InChI=1S/C23H48NO7P/c1-3-5-7-9-10-11-13-15-18-28-20-22(21-30-32(26,27)29-19-17-24)31-23(25)16-14-12-8-6-4-2/h22H,3-21,24H2,1-2H3,(H,26,27). The summed E-state index contributed by atoms with van der Waals surface area (Å²) in [4.78, 5) is 21.8. The maximum Gasteiger partial charge on any atom is 0.472 e. The molecule has 0 bridgehead atoms. The van der Waals surface area contributed by atoms with Crippen LogP contribution in [0.25, 0.3) is 0 Å². The quantitative estimate of drug-likeness (QED) is 0.105. The van der Waals surface area contributed by atoms with Crippen LogP contribution in [0.2, 0.25) is 0 Å². The number of carbonyl (C=O) groups is 1. The van der Waals surface area contributed by atoms with Gasteiger partial charge in [0.15, 0.2) is 0 Å². The highest BCUT2D eigenvalue weighted by Crippen LogP contribution is 2.43. The Hall–Kier alpha value is -0.500. The predicted octanol–water partition coefficient (Wildman–Crippen LogP) is 5.51. The molecule has 0 aliphatic heterocycles. The van der Waals surface area contributed by atoms with Crippen molar-refractivity contribution in [3.05, 3.63) is 0 Å². The molecule has 0 aromatic heterocycles. The minimum Gasteiger partial charge on any atom is -0.457 e. The third-order valence-electron chi connectivity index (χ3n) is 5.02. The molecule has 0 amide bonds. The second-order valence-electron chi connectivity index (χ2n) is 8.21. The van der Waals surface area contributed by atoms with E-state index < -0.39 is 13.9 Å². The molecule has 0 spiro atoms. The van der Waals surface area contributed by atoms with Crippen molar-refractivity contribution in [1.29, 1.82) is 0 Å². The zero-order valence-electron chi connectivity index (χ0n) is 20.4. The van der Waals surface area contributed by atoms with E-state index >= 15 is 0 Å². The smallest absolute Gasteiger partial charge is 0.457 e. The molecule has 0 aliphatic rings. The number of rotatable bonds is 24. The number of ether oxygens (including phenoxy) is 2. The number of hydrogen-bond donors (Lipinski definition) is 2. The van der Waals surface area contributed by atoms with Crippen LogP contribution in [-0.4, -0.2) is 49.9 Å². The van der Waals surface area contributed by atoms with E-state index in [9.17, 15) is 14.3 Å². The largest absolute Gasteiger partial charge is 0.472 e. The fourth-order valence-corrected chi connectivity index (χ4v) is 3.93. The molecule has 0 radical (unpaired) electrons. The van der Waals surface area contributed by atoms with Gasteiger partial charge in [0.1, 0.15) is 6.10 Å². The fourth-order valence-electron chi connectivity index (χ4n) is 3.17. The molecule has 192 valence electrons. The Balaban J connectivity index is 4.23. The molecule has 32 heavy (non-hydrogen) atoms. The average Bonchev–Trinajstić information content (AvgIpc) is 2.77. The van der Waals surface area contributed by atoms with Crippen LogP contribution < -0.4 is 5.73 Å². The van der Waals surface area contributed by atoms with Gasteiger partial charge in [0.2, 0.25) is 0 Å². The predicted molar refractivity (Wildman–Crippen MR) is 127 cm³/mol. The average molecular weight is 482 g/mol. The number of esters is 1. The fraction of sp³-hybridized carbons (Fsp3) is 0.957. The number of carbonyl (C=O) groups excluding carboxylic acids is 1. The number of nitrogens with two attached hydrogens (primary N) is 1. The maximum atomic E-state index is 12.2. The first-order chi connectivity index (χ1) is 15.4. The number of hydrogen-bond acceptors (Lipinski definition) is 7. The molecule has 0 heterocycles. The van der Waals surface area contributed by atoms with E-state index in [4.69, 9.17) is 24.3 Å². The van der Waals surface area contributed by atoms with Crippen LogP contribution in [0.1, 0.15) is 104 Å². The molecule has 0 aromatic rings. The van der Waals surface area contributed by atoms with Crippen LogP contribution in [0.3, 0.4) is 0 Å². The zero-order valence-corrected chi connectivity index (χ0v) is 21.3. The molecule has 0 rings (SSSR count). The van der Waals surface area contributed by atoms with Gasteiger partial charge in [-0.3, -0.25) is 13.8 Å². The number of phosphoric acid groups is 1. The molecule has 0 saturated carbocycles. The van der Waals surface area contributed by atoms with E-state index in [1.165, 1.54) is 38.5 Å². The van der Waals surface area contributed by atoms with Gasteiger partial charge in [0.05, 0.1) is 19.8 Å². The molecular weight excluding hydrogens is 433 g/mol. The summed E-state index contributed by atoms with van der Waals surface area (Å²) in [6.45, 7) is 4.78. The third kappa shape index (κ3) is 21.4.